The third-order valence-electron chi connectivity index (χ3n) is 2.23. The van der Waals surface area contributed by atoms with Gasteiger partial charge in [0.1, 0.15) is 0 Å². The molecule has 0 spiro atoms. The maximum absolute atomic E-state index is 5.65. The number of nitrogens with two attached hydrogens (primary N) is 1. The van der Waals surface area contributed by atoms with Gasteiger partial charge in [0, 0.05) is 19.1 Å². The van der Waals surface area contributed by atoms with Crippen LogP contribution in [0.15, 0.2) is 4.99 Å². The lowest BCUT2D eigenvalue weighted by Gasteiger charge is -2.36. The average molecular weight is 214 g/mol. The molecule has 0 unspecified atom stereocenters. The summed E-state index contributed by atoms with van der Waals surface area (Å²) in [4.78, 5) is 6.58. The van der Waals surface area contributed by atoms with Crippen molar-refractivity contribution < 1.29 is 4.74 Å². The number of nitrogens with zero attached hydrogens (tertiary/aromatic N) is 2. The third-order valence-corrected chi connectivity index (χ3v) is 2.23. The first kappa shape index (κ1) is 12.3. The Morgan fingerprint density at radius 2 is 1.93 bits per heavy atom. The Kier molecular flexibility index (Phi) is 4.35. The van der Waals surface area contributed by atoms with E-state index in [1.165, 1.54) is 0 Å². The quantitative estimate of drug-likeness (QED) is 0.286. The zero-order valence-electron chi connectivity index (χ0n) is 10.0. The number of hydrazine groups is 1. The zero-order valence-corrected chi connectivity index (χ0v) is 10.0. The normalized spacial score (nSPS) is 28.4. The van der Waals surface area contributed by atoms with Crippen LogP contribution >= 0.6 is 0 Å². The Morgan fingerprint density at radius 3 is 2.33 bits per heavy atom. The van der Waals surface area contributed by atoms with Crippen molar-refractivity contribution in [3.8, 4) is 0 Å². The molecule has 1 saturated heterocycles. The Labute approximate surface area is 91.6 Å². The molecule has 0 saturated carbocycles. The molecule has 0 aromatic carbocycles. The van der Waals surface area contributed by atoms with Crippen molar-refractivity contribution in [2.24, 2.45) is 10.8 Å². The van der Waals surface area contributed by atoms with Gasteiger partial charge in [-0.2, -0.15) is 0 Å². The van der Waals surface area contributed by atoms with Crippen LogP contribution < -0.4 is 11.3 Å². The van der Waals surface area contributed by atoms with E-state index in [0.717, 1.165) is 19.0 Å². The Morgan fingerprint density at radius 1 is 1.40 bits per heavy atom. The number of ether oxygens (including phenoxy) is 1. The second kappa shape index (κ2) is 5.32. The molecule has 0 amide bonds. The van der Waals surface area contributed by atoms with Crippen molar-refractivity contribution in [3.05, 3.63) is 0 Å². The van der Waals surface area contributed by atoms with Gasteiger partial charge in [0.15, 0.2) is 0 Å². The van der Waals surface area contributed by atoms with E-state index in [1.54, 1.807) is 0 Å². The lowest BCUT2D eigenvalue weighted by molar-refractivity contribution is -0.0490. The van der Waals surface area contributed by atoms with E-state index in [9.17, 15) is 0 Å². The Bertz CT molecular complexity index is 219. The first-order valence-electron chi connectivity index (χ1n) is 5.47. The molecule has 5 heteroatoms. The summed E-state index contributed by atoms with van der Waals surface area (Å²) < 4.78 is 5.65. The number of hydrogen-bond acceptors (Lipinski definition) is 3. The van der Waals surface area contributed by atoms with Crippen molar-refractivity contribution in [2.75, 3.05) is 13.1 Å². The van der Waals surface area contributed by atoms with Gasteiger partial charge in [0.25, 0.3) is 0 Å². The van der Waals surface area contributed by atoms with Crippen molar-refractivity contribution >= 4 is 5.96 Å². The molecule has 0 aromatic rings. The van der Waals surface area contributed by atoms with Crippen LogP contribution in [0.4, 0.5) is 0 Å². The van der Waals surface area contributed by atoms with Gasteiger partial charge in [-0.25, -0.2) is 10.8 Å². The first-order valence-corrected chi connectivity index (χ1v) is 5.47. The first-order chi connectivity index (χ1) is 7.02. The maximum Gasteiger partial charge on any atom is 0.208 e. The summed E-state index contributed by atoms with van der Waals surface area (Å²) in [7, 11) is 0. The van der Waals surface area contributed by atoms with Crippen LogP contribution in [0.25, 0.3) is 0 Å². The molecule has 88 valence electrons. The number of rotatable bonds is 1. The predicted octanol–water partition coefficient (Wildman–Crippen LogP) is 0.323. The van der Waals surface area contributed by atoms with Crippen molar-refractivity contribution in [1.29, 1.82) is 0 Å². The molecule has 5 nitrogen and oxygen atoms in total. The number of morpholine rings is 1. The zero-order chi connectivity index (χ0) is 11.4. The molecular formula is C10H22N4O. The minimum Gasteiger partial charge on any atom is -0.372 e. The molecule has 2 atom stereocenters. The molecule has 0 aliphatic carbocycles. The highest BCUT2D eigenvalue weighted by molar-refractivity contribution is 5.79. The number of hydrogen-bond donors (Lipinski definition) is 2. The summed E-state index contributed by atoms with van der Waals surface area (Å²) in [6, 6.07) is 0.240. The molecule has 1 rings (SSSR count). The van der Waals surface area contributed by atoms with Crippen LogP contribution in [0, 0.1) is 0 Å². The van der Waals surface area contributed by atoms with Crippen LogP contribution in [0.3, 0.4) is 0 Å². The van der Waals surface area contributed by atoms with Crippen LogP contribution in [-0.2, 0) is 4.74 Å². The minimum atomic E-state index is 0.222. The van der Waals surface area contributed by atoms with Crippen LogP contribution in [-0.4, -0.2) is 42.2 Å². The molecule has 15 heavy (non-hydrogen) atoms. The largest absolute Gasteiger partial charge is 0.372 e. The fourth-order valence-electron chi connectivity index (χ4n) is 1.81. The fourth-order valence-corrected chi connectivity index (χ4v) is 1.81. The molecule has 0 radical (unpaired) electrons. The highest BCUT2D eigenvalue weighted by Crippen LogP contribution is 2.10. The smallest absolute Gasteiger partial charge is 0.208 e. The van der Waals surface area contributed by atoms with Gasteiger partial charge < -0.3 is 9.64 Å². The SMILES string of the molecule is CC(C)N=C(NN)N1C[C@@H](C)O[C@@H](C)C1. The standard InChI is InChI=1S/C10H22N4O/c1-7(2)12-10(13-11)14-5-8(3)15-9(4)6-14/h7-9H,5-6,11H2,1-4H3,(H,12,13)/t8-,9+. The molecule has 3 N–H and O–H groups in total. The van der Waals surface area contributed by atoms with Crippen molar-refractivity contribution in [2.45, 2.75) is 45.9 Å². The van der Waals surface area contributed by atoms with Crippen LogP contribution in [0.1, 0.15) is 27.7 Å². The van der Waals surface area contributed by atoms with Gasteiger partial charge in [-0.3, -0.25) is 5.43 Å². The molecule has 0 bridgehead atoms. The van der Waals surface area contributed by atoms with Crippen LogP contribution in [0.2, 0.25) is 0 Å². The summed E-state index contributed by atoms with van der Waals surface area (Å²) in [6.07, 6.45) is 0.443. The van der Waals surface area contributed by atoms with Crippen LogP contribution in [0.5, 0.6) is 0 Å². The summed E-state index contributed by atoms with van der Waals surface area (Å²) in [5, 5.41) is 0. The minimum absolute atomic E-state index is 0.222. The average Bonchev–Trinajstić information content (AvgIpc) is 2.12. The molecule has 0 aromatic heterocycles. The topological polar surface area (TPSA) is 62.9 Å². The summed E-state index contributed by atoms with van der Waals surface area (Å²) in [5.74, 6) is 6.24. The van der Waals surface area contributed by atoms with E-state index >= 15 is 0 Å². The second-order valence-electron chi connectivity index (χ2n) is 4.35. The second-order valence-corrected chi connectivity index (χ2v) is 4.35. The van der Waals surface area contributed by atoms with E-state index in [1.807, 2.05) is 13.8 Å². The van der Waals surface area contributed by atoms with Gasteiger partial charge in [-0.05, 0) is 27.7 Å². The lowest BCUT2D eigenvalue weighted by Crippen LogP contribution is -2.54. The molecule has 1 fully saturated rings. The fraction of sp³-hybridized carbons (Fsp3) is 0.900. The molecular weight excluding hydrogens is 192 g/mol. The van der Waals surface area contributed by atoms with E-state index in [4.69, 9.17) is 10.6 Å². The number of aliphatic imine (C=N–C) groups is 1. The van der Waals surface area contributed by atoms with Gasteiger partial charge in [-0.1, -0.05) is 0 Å². The lowest BCUT2D eigenvalue weighted by atomic mass is 10.2. The Hall–Kier alpha value is -0.810. The molecule has 1 aliphatic rings. The third kappa shape index (κ3) is 3.68. The van der Waals surface area contributed by atoms with Gasteiger partial charge in [0.2, 0.25) is 5.96 Å². The van der Waals surface area contributed by atoms with Gasteiger partial charge >= 0.3 is 0 Å². The molecule has 1 aliphatic heterocycles. The van der Waals surface area contributed by atoms with E-state index < -0.39 is 0 Å². The number of nitrogens with one attached hydrogen (secondary N) is 1. The summed E-state index contributed by atoms with van der Waals surface area (Å²) in [5.41, 5.74) is 2.66. The van der Waals surface area contributed by atoms with E-state index in [2.05, 4.69) is 29.2 Å². The number of guanidine groups is 1. The summed E-state index contributed by atoms with van der Waals surface area (Å²) in [6.45, 7) is 9.85. The highest BCUT2D eigenvalue weighted by atomic mass is 16.5. The predicted molar refractivity (Wildman–Crippen MR) is 61.5 cm³/mol. The maximum atomic E-state index is 5.65. The van der Waals surface area contributed by atoms with E-state index in [-0.39, 0.29) is 18.2 Å². The Balaban J connectivity index is 2.67. The van der Waals surface area contributed by atoms with Crippen molar-refractivity contribution in [1.82, 2.24) is 10.3 Å². The highest BCUT2D eigenvalue weighted by Gasteiger charge is 2.24. The van der Waals surface area contributed by atoms with E-state index in [0.29, 0.717) is 0 Å². The monoisotopic (exact) mass is 214 g/mol. The van der Waals surface area contributed by atoms with Gasteiger partial charge in [0.05, 0.1) is 12.2 Å². The van der Waals surface area contributed by atoms with Crippen molar-refractivity contribution in [3.63, 3.8) is 0 Å². The summed E-state index contributed by atoms with van der Waals surface area (Å²) >= 11 is 0. The molecule has 1 heterocycles. The van der Waals surface area contributed by atoms with Gasteiger partial charge in [-0.15, -0.1) is 0 Å².